The molecule has 0 aliphatic carbocycles. The Morgan fingerprint density at radius 2 is 1.88 bits per heavy atom. The first-order valence-electron chi connectivity index (χ1n) is 4.61. The minimum atomic E-state index is -0.583. The van der Waals surface area contributed by atoms with Gasteiger partial charge in [0.1, 0.15) is 5.82 Å². The smallest absolute Gasteiger partial charge is 0.247 e. The molecule has 0 atom stereocenters. The summed E-state index contributed by atoms with van der Waals surface area (Å²) in [6.45, 7) is 0.168. The molecular formula is C10H8ClFN2O2. The zero-order chi connectivity index (χ0) is 11.7. The molecule has 0 spiro atoms. The Morgan fingerprint density at radius 3 is 2.44 bits per heavy atom. The third-order valence-electron chi connectivity index (χ3n) is 2.21. The highest BCUT2D eigenvalue weighted by Gasteiger charge is 2.27. The highest BCUT2D eigenvalue weighted by Crippen LogP contribution is 2.23. The van der Waals surface area contributed by atoms with Gasteiger partial charge in [0.15, 0.2) is 0 Å². The Labute approximate surface area is 96.0 Å². The van der Waals surface area contributed by atoms with Crippen LogP contribution in [0.1, 0.15) is 0 Å². The van der Waals surface area contributed by atoms with Crippen LogP contribution in [-0.2, 0) is 9.59 Å². The molecule has 1 aromatic rings. The van der Waals surface area contributed by atoms with Crippen molar-refractivity contribution >= 4 is 29.1 Å². The predicted molar refractivity (Wildman–Crippen MR) is 56.8 cm³/mol. The van der Waals surface area contributed by atoms with Crippen LogP contribution in [0.15, 0.2) is 18.2 Å². The maximum absolute atomic E-state index is 12.9. The average molecular weight is 243 g/mol. The fourth-order valence-corrected chi connectivity index (χ4v) is 1.66. The molecule has 1 N–H and O–H groups in total. The van der Waals surface area contributed by atoms with Crippen molar-refractivity contribution in [2.75, 3.05) is 18.0 Å². The van der Waals surface area contributed by atoms with Gasteiger partial charge in [-0.25, -0.2) is 9.29 Å². The maximum atomic E-state index is 12.9. The van der Waals surface area contributed by atoms with E-state index in [1.807, 2.05) is 0 Å². The molecule has 2 rings (SSSR count). The summed E-state index contributed by atoms with van der Waals surface area (Å²) in [7, 11) is 0. The number of imide groups is 1. The van der Waals surface area contributed by atoms with Crippen LogP contribution in [0.5, 0.6) is 0 Å². The number of hydrogen-bond acceptors (Lipinski definition) is 3. The molecule has 0 bridgehead atoms. The number of nitrogens with one attached hydrogen (secondary N) is 1. The maximum Gasteiger partial charge on any atom is 0.247 e. The van der Waals surface area contributed by atoms with E-state index in [0.717, 1.165) is 11.0 Å². The molecule has 1 aromatic carbocycles. The highest BCUT2D eigenvalue weighted by atomic mass is 35.5. The number of nitrogens with zero attached hydrogens (tertiary/aromatic N) is 1. The minimum absolute atomic E-state index is 0.0841. The fraction of sp³-hybridized carbons (Fsp3) is 0.200. The minimum Gasteiger partial charge on any atom is -0.300 e. The van der Waals surface area contributed by atoms with Crippen molar-refractivity contribution in [3.8, 4) is 0 Å². The summed E-state index contributed by atoms with van der Waals surface area (Å²) in [5.41, 5.74) is 0.294. The lowest BCUT2D eigenvalue weighted by Crippen LogP contribution is -2.52. The predicted octanol–water partition coefficient (Wildman–Crippen LogP) is 0.942. The molecule has 0 aromatic heterocycles. The molecule has 1 aliphatic heterocycles. The lowest BCUT2D eigenvalue weighted by atomic mass is 10.2. The number of amides is 2. The highest BCUT2D eigenvalue weighted by molar-refractivity contribution is 6.31. The second-order valence-electron chi connectivity index (χ2n) is 3.32. The van der Waals surface area contributed by atoms with Crippen LogP contribution in [0.4, 0.5) is 10.1 Å². The van der Waals surface area contributed by atoms with Crippen LogP contribution in [0.3, 0.4) is 0 Å². The lowest BCUT2D eigenvalue weighted by molar-refractivity contribution is -0.127. The molecule has 0 unspecified atom stereocenters. The van der Waals surface area contributed by atoms with E-state index in [4.69, 9.17) is 11.6 Å². The Hall–Kier alpha value is -1.46. The molecule has 6 heteroatoms. The summed E-state index contributed by atoms with van der Waals surface area (Å²) in [5.74, 6) is -1.33. The lowest BCUT2D eigenvalue weighted by Gasteiger charge is -2.25. The molecule has 1 heterocycles. The number of hydrogen-bond donors (Lipinski definition) is 1. The van der Waals surface area contributed by atoms with Crippen LogP contribution in [0.25, 0.3) is 0 Å². The van der Waals surface area contributed by atoms with E-state index in [1.165, 1.54) is 12.1 Å². The van der Waals surface area contributed by atoms with E-state index in [0.29, 0.717) is 5.69 Å². The normalized spacial score (nSPS) is 16.8. The van der Waals surface area contributed by atoms with Crippen molar-refractivity contribution in [2.24, 2.45) is 0 Å². The number of anilines is 1. The van der Waals surface area contributed by atoms with Gasteiger partial charge in [0, 0.05) is 0 Å². The molecule has 4 nitrogen and oxygen atoms in total. The number of carbonyl (C=O) groups excluding carboxylic acids is 2. The van der Waals surface area contributed by atoms with Gasteiger partial charge in [-0.3, -0.25) is 14.9 Å². The van der Waals surface area contributed by atoms with E-state index < -0.39 is 5.82 Å². The second-order valence-corrected chi connectivity index (χ2v) is 3.73. The van der Waals surface area contributed by atoms with Crippen LogP contribution in [0, 0.1) is 5.82 Å². The summed E-state index contributed by atoms with van der Waals surface area (Å²) < 4.78 is 12.9. The van der Waals surface area contributed by atoms with Crippen molar-refractivity contribution in [3.63, 3.8) is 0 Å². The molecule has 1 aliphatic rings. The molecule has 0 saturated carbocycles. The molecular weight excluding hydrogens is 235 g/mol. The number of halogens is 2. The first-order chi connectivity index (χ1) is 7.59. The first kappa shape index (κ1) is 11.0. The van der Waals surface area contributed by atoms with Gasteiger partial charge >= 0.3 is 0 Å². The quantitative estimate of drug-likeness (QED) is 0.746. The summed E-state index contributed by atoms with van der Waals surface area (Å²) in [4.78, 5) is 24.0. The van der Waals surface area contributed by atoms with Gasteiger partial charge in [0.2, 0.25) is 11.8 Å². The third-order valence-corrected chi connectivity index (χ3v) is 2.50. The molecule has 1 fully saturated rings. The molecule has 0 radical (unpaired) electrons. The Morgan fingerprint density at radius 1 is 1.25 bits per heavy atom. The summed E-state index contributed by atoms with van der Waals surface area (Å²) in [5, 5.41) is 2.55. The first-order valence-corrected chi connectivity index (χ1v) is 4.99. The van der Waals surface area contributed by atoms with E-state index >= 15 is 0 Å². The van der Waals surface area contributed by atoms with Gasteiger partial charge in [-0.2, -0.15) is 0 Å². The van der Waals surface area contributed by atoms with Crippen molar-refractivity contribution in [3.05, 3.63) is 29.0 Å². The topological polar surface area (TPSA) is 49.4 Å². The van der Waals surface area contributed by atoms with E-state index in [2.05, 4.69) is 5.32 Å². The van der Waals surface area contributed by atoms with Crippen molar-refractivity contribution in [1.29, 1.82) is 0 Å². The summed E-state index contributed by atoms with van der Waals surface area (Å²) >= 11 is 5.59. The van der Waals surface area contributed by atoms with Crippen LogP contribution >= 0.6 is 11.6 Å². The van der Waals surface area contributed by atoms with Gasteiger partial charge in [-0.15, -0.1) is 0 Å². The number of carbonyl (C=O) groups is 2. The largest absolute Gasteiger partial charge is 0.300 e. The summed E-state index contributed by atoms with van der Waals surface area (Å²) in [6, 6.07) is 3.74. The zero-order valence-electron chi connectivity index (χ0n) is 8.17. The third kappa shape index (κ3) is 1.91. The molecule has 84 valence electrons. The monoisotopic (exact) mass is 242 g/mol. The van der Waals surface area contributed by atoms with Crippen LogP contribution in [0.2, 0.25) is 5.02 Å². The Balaban J connectivity index is 2.38. The van der Waals surface area contributed by atoms with E-state index in [9.17, 15) is 14.0 Å². The van der Waals surface area contributed by atoms with Gasteiger partial charge in [0.05, 0.1) is 23.8 Å². The van der Waals surface area contributed by atoms with Crippen molar-refractivity contribution in [1.82, 2.24) is 5.32 Å². The fourth-order valence-electron chi connectivity index (χ4n) is 1.49. The Bertz CT molecular complexity index is 448. The molecule has 1 saturated heterocycles. The van der Waals surface area contributed by atoms with Crippen molar-refractivity contribution in [2.45, 2.75) is 0 Å². The van der Waals surface area contributed by atoms with Crippen molar-refractivity contribution < 1.29 is 14.0 Å². The SMILES string of the molecule is O=C1CNCC(=O)N1c1ccc(F)c(Cl)c1. The van der Waals surface area contributed by atoms with Crippen LogP contribution < -0.4 is 10.2 Å². The van der Waals surface area contributed by atoms with Crippen LogP contribution in [-0.4, -0.2) is 24.9 Å². The summed E-state index contributed by atoms with van der Waals surface area (Å²) in [6.07, 6.45) is 0. The molecule has 2 amide bonds. The van der Waals surface area contributed by atoms with E-state index in [1.54, 1.807) is 0 Å². The van der Waals surface area contributed by atoms with E-state index in [-0.39, 0.29) is 29.9 Å². The second kappa shape index (κ2) is 4.19. The number of piperazine rings is 1. The standard InChI is InChI=1S/C10H8ClFN2O2/c11-7-3-6(1-2-8(7)12)14-9(15)4-13-5-10(14)16/h1-3,13H,4-5H2. The van der Waals surface area contributed by atoms with Gasteiger partial charge in [-0.05, 0) is 18.2 Å². The van der Waals surface area contributed by atoms with Gasteiger partial charge in [-0.1, -0.05) is 11.6 Å². The zero-order valence-corrected chi connectivity index (χ0v) is 8.92. The van der Waals surface area contributed by atoms with Gasteiger partial charge < -0.3 is 0 Å². The molecule has 16 heavy (non-hydrogen) atoms. The van der Waals surface area contributed by atoms with Gasteiger partial charge in [0.25, 0.3) is 0 Å². The average Bonchev–Trinajstić information content (AvgIpc) is 2.23. The number of rotatable bonds is 1. The Kier molecular flexibility index (Phi) is 2.89. The number of benzene rings is 1.